The lowest BCUT2D eigenvalue weighted by Crippen LogP contribution is -2.38. The number of nitrogens with one attached hydrogen (secondary N) is 1. The summed E-state index contributed by atoms with van der Waals surface area (Å²) in [5, 5.41) is 0. The van der Waals surface area contributed by atoms with E-state index in [4.69, 9.17) is 0 Å². The van der Waals surface area contributed by atoms with Crippen LogP contribution in [0, 0.1) is 0 Å². The highest BCUT2D eigenvalue weighted by Gasteiger charge is 2.23. The molecule has 0 amide bonds. The first-order chi connectivity index (χ1) is 4.95. The highest BCUT2D eigenvalue weighted by atomic mass is 32.3. The van der Waals surface area contributed by atoms with Crippen LogP contribution in [-0.2, 0) is 20.7 Å². The van der Waals surface area contributed by atoms with Gasteiger partial charge < -0.3 is 0 Å². The Kier molecular flexibility index (Phi) is 3.66. The number of thiol groups is 1. The van der Waals surface area contributed by atoms with Gasteiger partial charge in [-0.15, -0.1) is 6.58 Å². The number of rotatable bonds is 4. The van der Waals surface area contributed by atoms with E-state index in [2.05, 4.69) is 12.4 Å². The molecule has 0 heterocycles. The quantitative estimate of drug-likeness (QED) is 0.209. The Hall–Kier alpha value is -0.440. The lowest BCUT2D eigenvalue weighted by Gasteiger charge is -2.03. The third-order valence-electron chi connectivity index (χ3n) is 0.892. The summed E-state index contributed by atoms with van der Waals surface area (Å²) >= 11 is 0. The summed E-state index contributed by atoms with van der Waals surface area (Å²) in [5.41, 5.74) is 0. The molecule has 0 bridgehead atoms. The van der Waals surface area contributed by atoms with E-state index >= 15 is 0 Å². The highest BCUT2D eigenvalue weighted by Crippen LogP contribution is 1.98. The van der Waals surface area contributed by atoms with E-state index in [9.17, 15) is 16.8 Å². The molecule has 6 nitrogen and oxygen atoms in total. The molecule has 11 heavy (non-hydrogen) atoms. The zero-order valence-electron chi connectivity index (χ0n) is 5.43. The molecule has 0 spiro atoms. The Morgan fingerprint density at radius 3 is 2.09 bits per heavy atom. The molecule has 0 aromatic carbocycles. The summed E-state index contributed by atoms with van der Waals surface area (Å²) in [4.78, 5) is 1.39. The van der Waals surface area contributed by atoms with E-state index in [0.29, 0.717) is 0 Å². The van der Waals surface area contributed by atoms with Crippen molar-refractivity contribution in [1.82, 2.24) is 4.83 Å². The van der Waals surface area contributed by atoms with E-state index in [1.165, 1.54) is 4.83 Å². The van der Waals surface area contributed by atoms with Crippen molar-refractivity contribution < 1.29 is 16.8 Å². The summed E-state index contributed by atoms with van der Waals surface area (Å²) in [5.74, 6) is 4.57. The molecule has 3 N–H and O–H groups in total. The van der Waals surface area contributed by atoms with Crippen molar-refractivity contribution in [3.63, 3.8) is 0 Å². The molecule has 0 aliphatic heterocycles. The fraction of sp³-hybridized carbons (Fsp3) is 0.333. The lowest BCUT2D eigenvalue weighted by molar-refractivity contribution is 0.579. The Morgan fingerprint density at radius 2 is 2.00 bits per heavy atom. The number of nitrogens with two attached hydrogens (primary N) is 1. The van der Waals surface area contributed by atoms with Crippen LogP contribution < -0.4 is 10.7 Å². The van der Waals surface area contributed by atoms with Gasteiger partial charge in [-0.3, -0.25) is 5.84 Å². The molecule has 0 saturated heterocycles. The standard InChI is InChI=1S/C3H8N2O4S2/c1-2-3(10(6)7)11(8,9)5-4/h2-3,5,10H,1,4H2. The van der Waals surface area contributed by atoms with Crippen molar-refractivity contribution in [3.05, 3.63) is 12.7 Å². The van der Waals surface area contributed by atoms with Crippen LogP contribution in [0.15, 0.2) is 12.7 Å². The molecule has 1 atom stereocenters. The Balaban J connectivity index is 4.96. The second kappa shape index (κ2) is 3.81. The third kappa shape index (κ3) is 2.58. The van der Waals surface area contributed by atoms with Gasteiger partial charge in [0.15, 0.2) is 15.3 Å². The average molecular weight is 200 g/mol. The topological polar surface area (TPSA) is 106 Å². The number of hydrogen-bond acceptors (Lipinski definition) is 5. The van der Waals surface area contributed by atoms with Crippen molar-refractivity contribution in [2.24, 2.45) is 5.84 Å². The van der Waals surface area contributed by atoms with Gasteiger partial charge >= 0.3 is 0 Å². The van der Waals surface area contributed by atoms with Gasteiger partial charge in [0.1, 0.15) is 0 Å². The van der Waals surface area contributed by atoms with Crippen LogP contribution in [0.5, 0.6) is 0 Å². The van der Waals surface area contributed by atoms with Crippen LogP contribution in [0.1, 0.15) is 0 Å². The van der Waals surface area contributed by atoms with Gasteiger partial charge in [-0.1, -0.05) is 6.08 Å². The van der Waals surface area contributed by atoms with Crippen LogP contribution in [0.4, 0.5) is 0 Å². The second-order valence-corrected chi connectivity index (χ2v) is 4.88. The average Bonchev–Trinajstić information content (AvgIpc) is 1.88. The predicted molar refractivity (Wildman–Crippen MR) is 40.5 cm³/mol. The molecule has 0 radical (unpaired) electrons. The van der Waals surface area contributed by atoms with Crippen LogP contribution in [0.25, 0.3) is 0 Å². The zero-order valence-corrected chi connectivity index (χ0v) is 7.14. The maximum Gasteiger partial charge on any atom is 0.244 e. The monoisotopic (exact) mass is 200 g/mol. The molecule has 0 aliphatic carbocycles. The van der Waals surface area contributed by atoms with Crippen molar-refractivity contribution in [3.8, 4) is 0 Å². The second-order valence-electron chi connectivity index (χ2n) is 1.57. The third-order valence-corrected chi connectivity index (χ3v) is 4.02. The van der Waals surface area contributed by atoms with Crippen molar-refractivity contribution in [2.45, 2.75) is 4.58 Å². The van der Waals surface area contributed by atoms with Crippen molar-refractivity contribution in [1.29, 1.82) is 0 Å². The lowest BCUT2D eigenvalue weighted by atomic mass is 10.8. The molecule has 0 rings (SSSR count). The van der Waals surface area contributed by atoms with Gasteiger partial charge in [-0.05, 0) is 0 Å². The summed E-state index contributed by atoms with van der Waals surface area (Å²) in [6.07, 6.45) is 0.779. The van der Waals surface area contributed by atoms with Gasteiger partial charge in [-0.25, -0.2) is 16.8 Å². The smallest absolute Gasteiger partial charge is 0.244 e. The zero-order chi connectivity index (χ0) is 9.07. The van der Waals surface area contributed by atoms with Gasteiger partial charge in [0.05, 0.1) is 0 Å². The molecular weight excluding hydrogens is 192 g/mol. The maximum absolute atomic E-state index is 10.7. The maximum atomic E-state index is 10.7. The van der Waals surface area contributed by atoms with E-state index in [-0.39, 0.29) is 0 Å². The molecule has 0 aliphatic rings. The molecular formula is C3H8N2O4S2. The minimum absolute atomic E-state index is 0.779. The summed E-state index contributed by atoms with van der Waals surface area (Å²) in [7, 11) is -7.10. The fourth-order valence-electron chi connectivity index (χ4n) is 0.396. The van der Waals surface area contributed by atoms with Crippen LogP contribution in [0.3, 0.4) is 0 Å². The summed E-state index contributed by atoms with van der Waals surface area (Å²) in [6, 6.07) is 0. The molecule has 0 fully saturated rings. The number of hydrazine groups is 1. The van der Waals surface area contributed by atoms with Crippen molar-refractivity contribution in [2.75, 3.05) is 0 Å². The molecule has 0 aromatic heterocycles. The summed E-state index contributed by atoms with van der Waals surface area (Å²) < 4.78 is 40.2. The van der Waals surface area contributed by atoms with Gasteiger partial charge in [0.25, 0.3) is 0 Å². The molecule has 66 valence electrons. The minimum atomic E-state index is -4.00. The van der Waals surface area contributed by atoms with Crippen LogP contribution in [0.2, 0.25) is 0 Å². The van der Waals surface area contributed by atoms with E-state index in [1.54, 1.807) is 0 Å². The number of sulfonamides is 1. The van der Waals surface area contributed by atoms with Gasteiger partial charge in [-0.2, -0.15) is 4.83 Å². The molecule has 0 saturated carbocycles. The Bertz CT molecular complexity index is 295. The first kappa shape index (κ1) is 10.6. The van der Waals surface area contributed by atoms with Crippen LogP contribution in [-0.4, -0.2) is 21.4 Å². The first-order valence-electron chi connectivity index (χ1n) is 2.43. The Morgan fingerprint density at radius 1 is 1.55 bits per heavy atom. The summed E-state index contributed by atoms with van der Waals surface area (Å²) in [6.45, 7) is 3.04. The van der Waals surface area contributed by atoms with Crippen molar-refractivity contribution >= 4 is 20.7 Å². The predicted octanol–water partition coefficient (Wildman–Crippen LogP) is -2.10. The molecule has 8 heteroatoms. The normalized spacial score (nSPS) is 14.7. The Labute approximate surface area is 66.1 Å². The first-order valence-corrected chi connectivity index (χ1v) is 5.22. The minimum Gasteiger partial charge on any atom is -0.258 e. The number of hydrogen-bond donors (Lipinski definition) is 3. The molecule has 0 aromatic rings. The highest BCUT2D eigenvalue weighted by molar-refractivity contribution is 8.01. The van der Waals surface area contributed by atoms with E-state index < -0.39 is 25.3 Å². The van der Waals surface area contributed by atoms with Gasteiger partial charge in [0.2, 0.25) is 10.0 Å². The van der Waals surface area contributed by atoms with Gasteiger partial charge in [0, 0.05) is 0 Å². The van der Waals surface area contributed by atoms with E-state index in [1.807, 2.05) is 0 Å². The molecule has 1 unspecified atom stereocenters. The fourth-order valence-corrected chi connectivity index (χ4v) is 2.05. The SMILES string of the molecule is C=CC([SH](=O)=O)S(=O)(=O)NN. The van der Waals surface area contributed by atoms with Crippen LogP contribution >= 0.6 is 0 Å². The van der Waals surface area contributed by atoms with E-state index in [0.717, 1.165) is 6.08 Å². The largest absolute Gasteiger partial charge is 0.258 e.